The molecule has 3 aromatic carbocycles. The van der Waals surface area contributed by atoms with Crippen molar-refractivity contribution >= 4 is 17.9 Å². The molecule has 4 atom stereocenters. The number of methoxy groups -OCH3 is 1. The van der Waals surface area contributed by atoms with E-state index < -0.39 is 54.5 Å². The van der Waals surface area contributed by atoms with Crippen molar-refractivity contribution in [3.05, 3.63) is 76.9 Å². The number of hydrogen-bond acceptors (Lipinski definition) is 12. The zero-order valence-corrected chi connectivity index (χ0v) is 29.8. The molecule has 0 radical (unpaired) electrons. The first-order valence-corrected chi connectivity index (χ1v) is 15.4. The Morgan fingerprint density at radius 1 is 0.875 bits per heavy atom. The van der Waals surface area contributed by atoms with E-state index in [-0.39, 0.29) is 42.1 Å². The molecule has 0 saturated carbocycles. The Morgan fingerprint density at radius 3 is 2.31 bits per heavy atom. The summed E-state index contributed by atoms with van der Waals surface area (Å²) in [4.78, 5) is 48.4. The van der Waals surface area contributed by atoms with Gasteiger partial charge < -0.3 is 38.3 Å². The number of rotatable bonds is 14. The number of ether oxygens (including phenoxy) is 6. The summed E-state index contributed by atoms with van der Waals surface area (Å²) in [5, 5.41) is 11.5. The Kier molecular flexibility index (Phi) is 12.6. The first kappa shape index (κ1) is 36.9. The van der Waals surface area contributed by atoms with Crippen LogP contribution in [0, 0.1) is 5.92 Å². The molecule has 0 N–H and O–H groups in total. The number of esters is 1. The molecule has 2 aliphatic rings. The summed E-state index contributed by atoms with van der Waals surface area (Å²) in [6, 6.07) is 16.0. The number of aliphatic carboxylic acids is 1. The molecule has 0 fully saturated rings. The monoisotopic (exact) mass is 672 g/mol. The van der Waals surface area contributed by atoms with E-state index in [1.165, 1.54) is 14.0 Å². The van der Waals surface area contributed by atoms with Crippen molar-refractivity contribution in [3.63, 3.8) is 0 Å². The van der Waals surface area contributed by atoms with Crippen LogP contribution in [0.4, 0.5) is 0 Å². The summed E-state index contributed by atoms with van der Waals surface area (Å²) in [6.07, 6.45) is -0.926. The molecule has 0 saturated heterocycles. The van der Waals surface area contributed by atoms with Crippen LogP contribution in [0.15, 0.2) is 54.6 Å². The van der Waals surface area contributed by atoms with E-state index in [1.807, 2.05) is 37.3 Å². The van der Waals surface area contributed by atoms with Gasteiger partial charge in [0.25, 0.3) is 0 Å². The van der Waals surface area contributed by atoms with Gasteiger partial charge in [-0.15, -0.1) is 0 Å². The van der Waals surface area contributed by atoms with Crippen molar-refractivity contribution < 1.29 is 87.2 Å². The summed E-state index contributed by atoms with van der Waals surface area (Å²) >= 11 is 0. The minimum atomic E-state index is -1.43. The van der Waals surface area contributed by atoms with Crippen LogP contribution < -0.4 is 58.3 Å². The van der Waals surface area contributed by atoms with Crippen LogP contribution in [-0.2, 0) is 28.9 Å². The number of carbonyl (C=O) groups excluding carboxylic acids is 3. The second-order valence-corrected chi connectivity index (χ2v) is 11.4. The molecule has 0 bridgehead atoms. The molecule has 0 aromatic heterocycles. The molecule has 12 nitrogen and oxygen atoms in total. The maximum absolute atomic E-state index is 14.4. The third kappa shape index (κ3) is 8.18. The summed E-state index contributed by atoms with van der Waals surface area (Å²) in [5.41, 5.74) is 2.74. The zero-order valence-electron chi connectivity index (χ0n) is 27.8. The van der Waals surface area contributed by atoms with Crippen molar-refractivity contribution in [1.29, 1.82) is 0 Å². The average Bonchev–Trinajstić information content (AvgIpc) is 3.67. The SMILES string of the molecule is CCCOc1ccc2c(c1)C(c1ccc(OC)cc1OCC(=O)[O-])C(C(=O)OC(C)C(=O)OOC(C)C)C2c1ccc2c(c1)OCO2.[Na+]. The van der Waals surface area contributed by atoms with Crippen LogP contribution in [0.1, 0.15) is 68.2 Å². The van der Waals surface area contributed by atoms with E-state index in [9.17, 15) is 19.5 Å². The van der Waals surface area contributed by atoms with Crippen LogP contribution in [0.2, 0.25) is 0 Å². The van der Waals surface area contributed by atoms with Gasteiger partial charge in [0.2, 0.25) is 6.79 Å². The zero-order chi connectivity index (χ0) is 33.7. The molecule has 1 aliphatic heterocycles. The van der Waals surface area contributed by atoms with Crippen LogP contribution >= 0.6 is 0 Å². The van der Waals surface area contributed by atoms with Gasteiger partial charge in [0.1, 0.15) is 23.9 Å². The fourth-order valence-corrected chi connectivity index (χ4v) is 5.79. The van der Waals surface area contributed by atoms with Gasteiger partial charge in [-0.3, -0.25) is 9.68 Å². The summed E-state index contributed by atoms with van der Waals surface area (Å²) in [7, 11) is 1.47. The van der Waals surface area contributed by atoms with E-state index in [1.54, 1.807) is 38.1 Å². The summed E-state index contributed by atoms with van der Waals surface area (Å²) in [6.45, 7) is 6.57. The Morgan fingerprint density at radius 2 is 1.60 bits per heavy atom. The van der Waals surface area contributed by atoms with Gasteiger partial charge in [-0.05, 0) is 74.2 Å². The number of hydrogen-bond donors (Lipinski definition) is 0. The quantitative estimate of drug-likeness (QED) is 0.104. The first-order chi connectivity index (χ1) is 22.6. The number of carboxylic acids is 1. The molecule has 13 heteroatoms. The van der Waals surface area contributed by atoms with Crippen LogP contribution in [-0.4, -0.2) is 57.2 Å². The van der Waals surface area contributed by atoms with Gasteiger partial charge in [0.05, 0.1) is 31.7 Å². The third-order valence-corrected chi connectivity index (χ3v) is 7.80. The maximum atomic E-state index is 14.4. The summed E-state index contributed by atoms with van der Waals surface area (Å²) < 4.78 is 34.1. The van der Waals surface area contributed by atoms with E-state index >= 15 is 0 Å². The number of carbonyl (C=O) groups is 3. The van der Waals surface area contributed by atoms with Gasteiger partial charge in [-0.2, -0.15) is 4.89 Å². The molecule has 0 spiro atoms. The van der Waals surface area contributed by atoms with Crippen molar-refractivity contribution in [2.45, 2.75) is 58.2 Å². The smallest absolute Gasteiger partial charge is 0.546 e. The van der Waals surface area contributed by atoms with E-state index in [4.69, 9.17) is 38.2 Å². The third-order valence-electron chi connectivity index (χ3n) is 7.80. The van der Waals surface area contributed by atoms with Crippen molar-refractivity contribution in [3.8, 4) is 28.7 Å². The summed E-state index contributed by atoms with van der Waals surface area (Å²) in [5.74, 6) is -3.09. The minimum absolute atomic E-state index is 0. The molecule has 250 valence electrons. The van der Waals surface area contributed by atoms with Gasteiger partial charge in [-0.25, -0.2) is 4.79 Å². The molecular formula is C35H37NaO12. The van der Waals surface area contributed by atoms with Crippen molar-refractivity contribution in [2.24, 2.45) is 5.92 Å². The number of fused-ring (bicyclic) bond motifs is 2. The first-order valence-electron chi connectivity index (χ1n) is 15.4. The topological polar surface area (TPSA) is 148 Å². The predicted molar refractivity (Wildman–Crippen MR) is 163 cm³/mol. The van der Waals surface area contributed by atoms with Crippen LogP contribution in [0.25, 0.3) is 0 Å². The Hall–Kier alpha value is -3.97. The second kappa shape index (κ2) is 16.4. The fourth-order valence-electron chi connectivity index (χ4n) is 5.79. The second-order valence-electron chi connectivity index (χ2n) is 11.4. The van der Waals surface area contributed by atoms with Gasteiger partial charge in [0, 0.05) is 23.5 Å². The minimum Gasteiger partial charge on any atom is -0.546 e. The molecular weight excluding hydrogens is 635 g/mol. The average molecular weight is 673 g/mol. The molecule has 1 heterocycles. The van der Waals surface area contributed by atoms with Gasteiger partial charge in [-0.1, -0.05) is 25.1 Å². The molecule has 0 amide bonds. The van der Waals surface area contributed by atoms with E-state index in [0.717, 1.165) is 23.1 Å². The van der Waals surface area contributed by atoms with Crippen LogP contribution in [0.5, 0.6) is 28.7 Å². The maximum Gasteiger partial charge on any atom is 1.00 e. The van der Waals surface area contributed by atoms with E-state index in [0.29, 0.717) is 35.2 Å². The number of benzene rings is 3. The van der Waals surface area contributed by atoms with E-state index in [2.05, 4.69) is 0 Å². The molecule has 5 rings (SSSR count). The number of carboxylic acid groups (broad SMARTS) is 1. The van der Waals surface area contributed by atoms with Gasteiger partial charge in [0.15, 0.2) is 17.6 Å². The molecule has 4 unspecified atom stereocenters. The Bertz CT molecular complexity index is 1620. The standard InChI is InChI=1S/C35H38O12.Na/c1-6-13-41-23-9-10-24-26(15-23)32(25-11-8-22(40-5)16-28(25)42-17-30(36)37)33(35(39)45-20(4)34(38)47-46-19(2)3)31(24)21-7-12-27-29(14-21)44-18-43-27;/h7-12,14-16,19-20,31-33H,6,13,17-18H2,1-5H3,(H,36,37);/q;+1/p-1. The molecule has 1 aliphatic carbocycles. The Balaban J connectivity index is 0.00000520. The fraction of sp³-hybridized carbons (Fsp3) is 0.400. The van der Waals surface area contributed by atoms with Crippen LogP contribution in [0.3, 0.4) is 0 Å². The largest absolute Gasteiger partial charge is 1.00 e. The normalized spacial score (nSPS) is 17.9. The molecule has 3 aromatic rings. The van der Waals surface area contributed by atoms with Crippen molar-refractivity contribution in [1.82, 2.24) is 0 Å². The molecule has 48 heavy (non-hydrogen) atoms. The van der Waals surface area contributed by atoms with Gasteiger partial charge >= 0.3 is 41.5 Å². The van der Waals surface area contributed by atoms with Crippen molar-refractivity contribution in [2.75, 3.05) is 27.1 Å². The predicted octanol–water partition coefficient (Wildman–Crippen LogP) is 1.05. The Labute approximate surface area is 300 Å².